The van der Waals surface area contributed by atoms with Gasteiger partial charge in [-0.1, -0.05) is 42.3 Å². The second-order valence-electron chi connectivity index (χ2n) is 5.65. The van der Waals surface area contributed by atoms with Gasteiger partial charge in [0, 0.05) is 12.6 Å². The van der Waals surface area contributed by atoms with E-state index in [4.69, 9.17) is 27.9 Å². The van der Waals surface area contributed by atoms with E-state index in [0.29, 0.717) is 10.0 Å². The summed E-state index contributed by atoms with van der Waals surface area (Å²) in [7, 11) is 0. The van der Waals surface area contributed by atoms with Gasteiger partial charge < -0.3 is 10.1 Å². The molecule has 0 amide bonds. The lowest BCUT2D eigenvalue weighted by molar-refractivity contribution is -0.0881. The summed E-state index contributed by atoms with van der Waals surface area (Å²) in [6.07, 6.45) is 4.31. The number of hydrogen-bond acceptors (Lipinski definition) is 2. The standard InChI is InChI=1S/C16H23Cl2NO/c1-3-19-14(16(2)9-4-5-10-20-16)11-12-7-6-8-13(17)15(12)18/h6-8,14,19H,3-5,9-11H2,1-2H3. The Labute approximate surface area is 131 Å². The molecule has 4 heteroatoms. The third-order valence-corrected chi connectivity index (χ3v) is 5.00. The van der Waals surface area contributed by atoms with Crippen LogP contribution >= 0.6 is 23.2 Å². The van der Waals surface area contributed by atoms with Crippen molar-refractivity contribution >= 4 is 23.2 Å². The highest BCUT2D eigenvalue weighted by atomic mass is 35.5. The Morgan fingerprint density at radius 1 is 1.35 bits per heavy atom. The molecule has 0 saturated carbocycles. The number of benzene rings is 1. The van der Waals surface area contributed by atoms with Gasteiger partial charge in [0.05, 0.1) is 15.6 Å². The van der Waals surface area contributed by atoms with Crippen LogP contribution in [0.15, 0.2) is 18.2 Å². The summed E-state index contributed by atoms with van der Waals surface area (Å²) < 4.78 is 6.08. The third-order valence-electron chi connectivity index (χ3n) is 4.14. The van der Waals surface area contributed by atoms with Gasteiger partial charge in [-0.05, 0) is 50.8 Å². The van der Waals surface area contributed by atoms with E-state index in [2.05, 4.69) is 19.2 Å². The predicted molar refractivity (Wildman–Crippen MR) is 85.8 cm³/mol. The van der Waals surface area contributed by atoms with Crippen molar-refractivity contribution in [3.63, 3.8) is 0 Å². The fraction of sp³-hybridized carbons (Fsp3) is 0.625. The zero-order valence-electron chi connectivity index (χ0n) is 12.2. The molecule has 20 heavy (non-hydrogen) atoms. The summed E-state index contributed by atoms with van der Waals surface area (Å²) >= 11 is 12.4. The minimum absolute atomic E-state index is 0.125. The molecular formula is C16H23Cl2NO. The maximum Gasteiger partial charge on any atom is 0.0810 e. The van der Waals surface area contributed by atoms with Gasteiger partial charge in [0.2, 0.25) is 0 Å². The summed E-state index contributed by atoms with van der Waals surface area (Å²) in [5, 5.41) is 4.84. The van der Waals surface area contributed by atoms with Gasteiger partial charge in [-0.15, -0.1) is 0 Å². The Balaban J connectivity index is 2.18. The van der Waals surface area contributed by atoms with Crippen molar-refractivity contribution in [3.8, 4) is 0 Å². The van der Waals surface area contributed by atoms with E-state index in [1.165, 1.54) is 6.42 Å². The number of nitrogens with one attached hydrogen (secondary N) is 1. The van der Waals surface area contributed by atoms with Crippen LogP contribution in [-0.4, -0.2) is 24.8 Å². The van der Waals surface area contributed by atoms with E-state index in [1.807, 2.05) is 18.2 Å². The van der Waals surface area contributed by atoms with Crippen molar-refractivity contribution in [2.75, 3.05) is 13.2 Å². The first-order valence-electron chi connectivity index (χ1n) is 7.37. The summed E-state index contributed by atoms with van der Waals surface area (Å²) in [4.78, 5) is 0. The minimum atomic E-state index is -0.125. The summed E-state index contributed by atoms with van der Waals surface area (Å²) in [6, 6.07) is 6.08. The molecule has 2 nitrogen and oxygen atoms in total. The second-order valence-corrected chi connectivity index (χ2v) is 6.43. The molecule has 112 valence electrons. The fourth-order valence-electron chi connectivity index (χ4n) is 2.91. The number of rotatable bonds is 5. The Kier molecular flexibility index (Phi) is 5.74. The third kappa shape index (κ3) is 3.67. The monoisotopic (exact) mass is 315 g/mol. The molecule has 1 N–H and O–H groups in total. The van der Waals surface area contributed by atoms with Crippen LogP contribution in [0.5, 0.6) is 0 Å². The van der Waals surface area contributed by atoms with E-state index < -0.39 is 0 Å². The van der Waals surface area contributed by atoms with Crippen LogP contribution in [0, 0.1) is 0 Å². The molecule has 2 rings (SSSR count). The molecule has 2 atom stereocenters. The highest BCUT2D eigenvalue weighted by Crippen LogP contribution is 2.32. The normalized spacial score (nSPS) is 24.6. The topological polar surface area (TPSA) is 21.3 Å². The van der Waals surface area contributed by atoms with Gasteiger partial charge >= 0.3 is 0 Å². The Morgan fingerprint density at radius 3 is 2.80 bits per heavy atom. The van der Waals surface area contributed by atoms with E-state index in [-0.39, 0.29) is 11.6 Å². The number of halogens is 2. The molecule has 0 bridgehead atoms. The van der Waals surface area contributed by atoms with Crippen molar-refractivity contribution < 1.29 is 4.74 Å². The van der Waals surface area contributed by atoms with Crippen LogP contribution in [0.3, 0.4) is 0 Å². The molecule has 1 aliphatic heterocycles. The van der Waals surface area contributed by atoms with Gasteiger partial charge in [0.25, 0.3) is 0 Å². The van der Waals surface area contributed by atoms with Gasteiger partial charge in [-0.2, -0.15) is 0 Å². The predicted octanol–water partition coefficient (Wildman–Crippen LogP) is 4.47. The molecule has 1 aromatic carbocycles. The lowest BCUT2D eigenvalue weighted by atomic mass is 9.84. The van der Waals surface area contributed by atoms with E-state index >= 15 is 0 Å². The summed E-state index contributed by atoms with van der Waals surface area (Å²) in [5.74, 6) is 0. The van der Waals surface area contributed by atoms with E-state index in [1.54, 1.807) is 0 Å². The van der Waals surface area contributed by atoms with Crippen LogP contribution in [0.25, 0.3) is 0 Å². The molecule has 0 aromatic heterocycles. The second kappa shape index (κ2) is 7.13. The lowest BCUT2D eigenvalue weighted by Crippen LogP contribution is -2.53. The maximum atomic E-state index is 6.32. The molecule has 1 saturated heterocycles. The molecule has 2 unspecified atom stereocenters. The quantitative estimate of drug-likeness (QED) is 0.865. The molecule has 1 aliphatic rings. The largest absolute Gasteiger partial charge is 0.374 e. The first kappa shape index (κ1) is 16.1. The van der Waals surface area contributed by atoms with E-state index in [0.717, 1.165) is 38.0 Å². The Morgan fingerprint density at radius 2 is 2.15 bits per heavy atom. The first-order chi connectivity index (χ1) is 9.57. The van der Waals surface area contributed by atoms with Gasteiger partial charge in [0.1, 0.15) is 0 Å². The van der Waals surface area contributed by atoms with Crippen LogP contribution in [-0.2, 0) is 11.2 Å². The molecular weight excluding hydrogens is 293 g/mol. The molecule has 0 spiro atoms. The van der Waals surface area contributed by atoms with Crippen molar-refractivity contribution in [2.24, 2.45) is 0 Å². The highest BCUT2D eigenvalue weighted by molar-refractivity contribution is 6.42. The number of ether oxygens (including phenoxy) is 1. The first-order valence-corrected chi connectivity index (χ1v) is 8.12. The van der Waals surface area contributed by atoms with Crippen molar-refractivity contribution in [1.29, 1.82) is 0 Å². The molecule has 0 aliphatic carbocycles. The zero-order valence-corrected chi connectivity index (χ0v) is 13.7. The van der Waals surface area contributed by atoms with Crippen LogP contribution in [0.1, 0.15) is 38.7 Å². The molecule has 1 aromatic rings. The molecule has 1 heterocycles. The number of likely N-dealkylation sites (N-methyl/N-ethyl adjacent to an activating group) is 1. The van der Waals surface area contributed by atoms with E-state index in [9.17, 15) is 0 Å². The maximum absolute atomic E-state index is 6.32. The van der Waals surface area contributed by atoms with Gasteiger partial charge in [0.15, 0.2) is 0 Å². The SMILES string of the molecule is CCNC(Cc1cccc(Cl)c1Cl)C1(C)CCCCO1. The van der Waals surface area contributed by atoms with Crippen LogP contribution < -0.4 is 5.32 Å². The van der Waals surface area contributed by atoms with Crippen molar-refractivity contribution in [3.05, 3.63) is 33.8 Å². The van der Waals surface area contributed by atoms with Crippen molar-refractivity contribution in [2.45, 2.75) is 51.2 Å². The summed E-state index contributed by atoms with van der Waals surface area (Å²) in [6.45, 7) is 6.10. The number of hydrogen-bond donors (Lipinski definition) is 1. The smallest absolute Gasteiger partial charge is 0.0810 e. The van der Waals surface area contributed by atoms with Crippen LogP contribution in [0.2, 0.25) is 10.0 Å². The highest BCUT2D eigenvalue weighted by Gasteiger charge is 2.36. The Hall–Kier alpha value is -0.280. The van der Waals surface area contributed by atoms with Gasteiger partial charge in [-0.3, -0.25) is 0 Å². The Bertz CT molecular complexity index is 444. The average molecular weight is 316 g/mol. The average Bonchev–Trinajstić information content (AvgIpc) is 2.44. The molecule has 0 radical (unpaired) electrons. The zero-order chi connectivity index (χ0) is 14.6. The van der Waals surface area contributed by atoms with Crippen molar-refractivity contribution in [1.82, 2.24) is 5.32 Å². The minimum Gasteiger partial charge on any atom is -0.374 e. The molecule has 1 fully saturated rings. The lowest BCUT2D eigenvalue weighted by Gasteiger charge is -2.41. The fourth-order valence-corrected chi connectivity index (χ4v) is 3.30. The summed E-state index contributed by atoms with van der Waals surface area (Å²) in [5.41, 5.74) is 0.959. The van der Waals surface area contributed by atoms with Crippen LogP contribution in [0.4, 0.5) is 0 Å². The van der Waals surface area contributed by atoms with Gasteiger partial charge in [-0.25, -0.2) is 0 Å².